The molecule has 0 spiro atoms. The summed E-state index contributed by atoms with van der Waals surface area (Å²) in [5.41, 5.74) is 6.66. The van der Waals surface area contributed by atoms with Crippen molar-refractivity contribution < 1.29 is 18.5 Å². The first-order valence-corrected chi connectivity index (χ1v) is 11.2. The van der Waals surface area contributed by atoms with Crippen molar-refractivity contribution in [1.29, 1.82) is 0 Å². The summed E-state index contributed by atoms with van der Waals surface area (Å²) in [5, 5.41) is 0. The molecule has 0 bridgehead atoms. The Kier molecular flexibility index (Phi) is 18.1. The van der Waals surface area contributed by atoms with Gasteiger partial charge < -0.3 is 10.6 Å². The van der Waals surface area contributed by atoms with Crippen molar-refractivity contribution in [2.75, 3.05) is 13.2 Å². The second-order valence-corrected chi connectivity index (χ2v) is 7.78. The van der Waals surface area contributed by atoms with Crippen LogP contribution in [0.4, 0.5) is 0 Å². The van der Waals surface area contributed by atoms with E-state index in [0.717, 1.165) is 0 Å². The van der Waals surface area contributed by atoms with Crippen LogP contribution in [0, 0.1) is 0 Å². The lowest BCUT2D eigenvalue weighted by atomic mass is 9.83. The molecule has 6 heteroatoms. The van der Waals surface area contributed by atoms with Crippen LogP contribution in [-0.2, 0) is 13.6 Å². The van der Waals surface area contributed by atoms with Crippen LogP contribution in [0.25, 0.3) is 0 Å². The zero-order valence-electron chi connectivity index (χ0n) is 16.7. The van der Waals surface area contributed by atoms with Gasteiger partial charge in [-0.2, -0.15) is 0 Å². The van der Waals surface area contributed by atoms with Crippen LogP contribution in [0.3, 0.4) is 0 Å². The maximum atomic E-state index is 10.5. The van der Waals surface area contributed by atoms with E-state index in [2.05, 4.69) is 29.8 Å². The zero-order chi connectivity index (χ0) is 18.9. The predicted octanol–water partition coefficient (Wildman–Crippen LogP) is 5.80. The van der Waals surface area contributed by atoms with Crippen LogP contribution in [0.5, 0.6) is 0 Å². The highest BCUT2D eigenvalue weighted by atomic mass is 31.2. The largest absolute Gasteiger partial charge is 0.472 e. The van der Waals surface area contributed by atoms with E-state index in [1.54, 1.807) is 13.8 Å². The minimum absolute atomic E-state index is 0.154. The summed E-state index contributed by atoms with van der Waals surface area (Å²) in [6.45, 7) is 10.4. The molecule has 3 N–H and O–H groups in total. The molecular formula is C18H42NO4P. The van der Waals surface area contributed by atoms with Crippen LogP contribution >= 0.6 is 7.82 Å². The van der Waals surface area contributed by atoms with Crippen LogP contribution < -0.4 is 5.73 Å². The molecule has 0 fully saturated rings. The third kappa shape index (κ3) is 16.9. The quantitative estimate of drug-likeness (QED) is 0.299. The van der Waals surface area contributed by atoms with E-state index in [9.17, 15) is 4.57 Å². The summed E-state index contributed by atoms with van der Waals surface area (Å²) in [5.74, 6) is 0. The molecular weight excluding hydrogens is 325 g/mol. The van der Waals surface area contributed by atoms with Gasteiger partial charge in [-0.15, -0.1) is 0 Å². The predicted molar refractivity (Wildman–Crippen MR) is 103 cm³/mol. The Bertz CT molecular complexity index is 295. The lowest BCUT2D eigenvalue weighted by molar-refractivity contribution is 0.161. The highest BCUT2D eigenvalue weighted by molar-refractivity contribution is 7.47. The minimum atomic E-state index is -3.69. The van der Waals surface area contributed by atoms with Gasteiger partial charge in [0, 0.05) is 5.54 Å². The van der Waals surface area contributed by atoms with Crippen LogP contribution in [0.1, 0.15) is 98.8 Å². The third-order valence-electron chi connectivity index (χ3n) is 3.92. The molecule has 0 amide bonds. The van der Waals surface area contributed by atoms with Gasteiger partial charge in [0.25, 0.3) is 0 Å². The van der Waals surface area contributed by atoms with Gasteiger partial charge in [-0.1, -0.05) is 65.7 Å². The summed E-state index contributed by atoms with van der Waals surface area (Å²) in [6, 6.07) is 0. The molecule has 0 aromatic carbocycles. The Morgan fingerprint density at radius 1 is 0.792 bits per heavy atom. The van der Waals surface area contributed by atoms with E-state index in [4.69, 9.17) is 10.6 Å². The van der Waals surface area contributed by atoms with Crippen LogP contribution in [-0.4, -0.2) is 23.6 Å². The third-order valence-corrected chi connectivity index (χ3v) is 5.09. The number of hydrogen-bond donors (Lipinski definition) is 2. The lowest BCUT2D eigenvalue weighted by Crippen LogP contribution is -2.39. The molecule has 148 valence electrons. The van der Waals surface area contributed by atoms with Gasteiger partial charge >= 0.3 is 7.82 Å². The molecule has 0 heterocycles. The van der Waals surface area contributed by atoms with Crippen molar-refractivity contribution in [3.8, 4) is 0 Å². The molecule has 0 atom stereocenters. The number of hydrogen-bond acceptors (Lipinski definition) is 4. The van der Waals surface area contributed by atoms with Crippen molar-refractivity contribution in [1.82, 2.24) is 0 Å². The molecule has 5 nitrogen and oxygen atoms in total. The number of nitrogens with two attached hydrogens (primary N) is 1. The van der Waals surface area contributed by atoms with Crippen molar-refractivity contribution in [2.24, 2.45) is 5.73 Å². The lowest BCUT2D eigenvalue weighted by Gasteiger charge is -2.29. The summed E-state index contributed by atoms with van der Waals surface area (Å²) in [4.78, 5) is 8.63. The fourth-order valence-electron chi connectivity index (χ4n) is 2.52. The summed E-state index contributed by atoms with van der Waals surface area (Å²) in [7, 11) is -3.69. The average Bonchev–Trinajstić information content (AvgIpc) is 2.52. The standard InChI is InChI=1S/C14H31N.C4H11O4P/c1-4-7-10-13-14(15,11-8-5-2)12-9-6-3;1-3-7-9(5,6)8-4-2/h4-13,15H2,1-3H3;3-4H2,1-2H3,(H,5,6). The Morgan fingerprint density at radius 3 is 1.50 bits per heavy atom. The van der Waals surface area contributed by atoms with E-state index in [0.29, 0.717) is 0 Å². The van der Waals surface area contributed by atoms with Gasteiger partial charge in [0.2, 0.25) is 0 Å². The van der Waals surface area contributed by atoms with Crippen molar-refractivity contribution >= 4 is 7.82 Å². The van der Waals surface area contributed by atoms with E-state index in [1.807, 2.05) is 0 Å². The minimum Gasteiger partial charge on any atom is -0.325 e. The maximum absolute atomic E-state index is 10.5. The smallest absolute Gasteiger partial charge is 0.325 e. The molecule has 0 radical (unpaired) electrons. The zero-order valence-corrected chi connectivity index (χ0v) is 17.6. The Balaban J connectivity index is 0. The summed E-state index contributed by atoms with van der Waals surface area (Å²) >= 11 is 0. The molecule has 0 aliphatic carbocycles. The highest BCUT2D eigenvalue weighted by Crippen LogP contribution is 2.42. The highest BCUT2D eigenvalue weighted by Gasteiger charge is 2.22. The maximum Gasteiger partial charge on any atom is 0.472 e. The fraction of sp³-hybridized carbons (Fsp3) is 1.00. The van der Waals surface area contributed by atoms with Crippen molar-refractivity contribution in [3.05, 3.63) is 0 Å². The fourth-order valence-corrected chi connectivity index (χ4v) is 3.25. The molecule has 0 aliphatic rings. The SMILES string of the molecule is CCCCCC(N)(CCCC)CCCC.CCOP(=O)(O)OCC. The van der Waals surface area contributed by atoms with E-state index in [-0.39, 0.29) is 18.8 Å². The van der Waals surface area contributed by atoms with Crippen molar-refractivity contribution in [3.63, 3.8) is 0 Å². The summed E-state index contributed by atoms with van der Waals surface area (Å²) < 4.78 is 19.2. The van der Waals surface area contributed by atoms with Gasteiger partial charge in [0.1, 0.15) is 0 Å². The van der Waals surface area contributed by atoms with Crippen LogP contribution in [0.2, 0.25) is 0 Å². The molecule has 24 heavy (non-hydrogen) atoms. The monoisotopic (exact) mass is 367 g/mol. The van der Waals surface area contributed by atoms with E-state index < -0.39 is 7.82 Å². The topological polar surface area (TPSA) is 81.8 Å². The molecule has 0 aromatic heterocycles. The van der Waals surface area contributed by atoms with Crippen LogP contribution in [0.15, 0.2) is 0 Å². The first-order chi connectivity index (χ1) is 11.3. The first-order valence-electron chi connectivity index (χ1n) is 9.71. The van der Waals surface area contributed by atoms with Gasteiger partial charge in [-0.3, -0.25) is 9.05 Å². The van der Waals surface area contributed by atoms with Gasteiger partial charge in [0.05, 0.1) is 13.2 Å². The van der Waals surface area contributed by atoms with Gasteiger partial charge in [0.15, 0.2) is 0 Å². The number of rotatable bonds is 14. The molecule has 0 saturated carbocycles. The number of phosphoric ester groups is 1. The average molecular weight is 368 g/mol. The van der Waals surface area contributed by atoms with E-state index in [1.165, 1.54) is 64.2 Å². The second kappa shape index (κ2) is 16.5. The van der Waals surface area contributed by atoms with E-state index >= 15 is 0 Å². The number of unbranched alkanes of at least 4 members (excludes halogenated alkanes) is 4. The molecule has 0 unspecified atom stereocenters. The Hall–Kier alpha value is 0.0700. The first kappa shape index (κ1) is 26.3. The molecule has 0 aliphatic heterocycles. The molecule has 0 aromatic rings. The second-order valence-electron chi connectivity index (χ2n) is 6.33. The normalized spacial score (nSPS) is 12.0. The van der Waals surface area contributed by atoms with Gasteiger partial charge in [-0.05, 0) is 33.1 Å². The Morgan fingerprint density at radius 2 is 1.17 bits per heavy atom. The number of phosphoric acid groups is 1. The summed E-state index contributed by atoms with van der Waals surface area (Å²) in [6.07, 6.45) is 12.8. The molecule has 0 saturated heterocycles. The van der Waals surface area contributed by atoms with Gasteiger partial charge in [-0.25, -0.2) is 4.57 Å². The van der Waals surface area contributed by atoms with Crippen molar-refractivity contribution in [2.45, 2.75) is 104 Å². The molecule has 0 rings (SSSR count). The Labute approximate surface area is 150 Å².